The molecular weight excluding hydrogens is 369 g/mol. The van der Waals surface area contributed by atoms with Gasteiger partial charge in [-0.25, -0.2) is 0 Å². The van der Waals surface area contributed by atoms with E-state index in [-0.39, 0.29) is 0 Å². The third-order valence-corrected chi connectivity index (χ3v) is 11.9. The van der Waals surface area contributed by atoms with Gasteiger partial charge >= 0.3 is 165 Å². The van der Waals surface area contributed by atoms with E-state index in [1.54, 1.807) is 0 Å². The van der Waals surface area contributed by atoms with Crippen LogP contribution in [0.2, 0.25) is 0 Å². The summed E-state index contributed by atoms with van der Waals surface area (Å²) in [7, 11) is 1.01. The molecule has 3 aliphatic heterocycles. The number of likely N-dealkylation sites (N-methyl/N-ethyl adjacent to an activating group) is 2. The Morgan fingerprint density at radius 1 is 0.643 bits per heavy atom. The van der Waals surface area contributed by atoms with Crippen molar-refractivity contribution in [3.05, 3.63) is 48.5 Å². The molecule has 3 aromatic carbocycles. The van der Waals surface area contributed by atoms with Gasteiger partial charge in [0.25, 0.3) is 0 Å². The molecular formula is C22H26N3O2P. The van der Waals surface area contributed by atoms with Crippen molar-refractivity contribution in [1.82, 2.24) is 14.0 Å². The summed E-state index contributed by atoms with van der Waals surface area (Å²) in [5, 5.41) is 4.74. The molecule has 5 nitrogen and oxygen atoms in total. The quantitative estimate of drug-likeness (QED) is 0.433. The first-order chi connectivity index (χ1) is 13.6. The molecule has 3 aromatic rings. The van der Waals surface area contributed by atoms with Gasteiger partial charge in [-0.15, -0.1) is 0 Å². The molecule has 0 atom stereocenters. The molecule has 2 fully saturated rings. The Morgan fingerprint density at radius 3 is 1.54 bits per heavy atom. The van der Waals surface area contributed by atoms with Crippen LogP contribution in [0.1, 0.15) is 12.8 Å². The van der Waals surface area contributed by atoms with Crippen molar-refractivity contribution in [3.63, 3.8) is 0 Å². The number of rotatable bonds is 1. The summed E-state index contributed by atoms with van der Waals surface area (Å²) in [6.07, 6.45) is 2.40. The van der Waals surface area contributed by atoms with Crippen molar-refractivity contribution >= 4 is 29.1 Å². The molecule has 0 aliphatic carbocycles. The fourth-order valence-electron chi connectivity index (χ4n) is 5.36. The summed E-state index contributed by atoms with van der Waals surface area (Å²) in [5.74, 6) is 1.83. The van der Waals surface area contributed by atoms with E-state index < -0.39 is 7.51 Å². The van der Waals surface area contributed by atoms with Gasteiger partial charge in [-0.1, -0.05) is 0 Å². The van der Waals surface area contributed by atoms with Crippen LogP contribution in [-0.2, 0) is 0 Å². The van der Waals surface area contributed by atoms with E-state index in [9.17, 15) is 0 Å². The van der Waals surface area contributed by atoms with Crippen LogP contribution in [0.3, 0.4) is 0 Å². The van der Waals surface area contributed by atoms with E-state index in [1.165, 1.54) is 23.6 Å². The van der Waals surface area contributed by atoms with Gasteiger partial charge < -0.3 is 0 Å². The molecule has 0 unspecified atom stereocenters. The average molecular weight is 395 g/mol. The first-order valence-corrected chi connectivity index (χ1v) is 12.1. The van der Waals surface area contributed by atoms with Gasteiger partial charge in [-0.3, -0.25) is 0 Å². The summed E-state index contributed by atoms with van der Waals surface area (Å²) in [5.41, 5.74) is 0. The molecule has 0 aromatic heterocycles. The number of fused-ring (bicyclic) bond motifs is 6. The monoisotopic (exact) mass is 395 g/mol. The molecule has 2 saturated heterocycles. The Bertz CT molecular complexity index is 1030. The molecule has 28 heavy (non-hydrogen) atoms. The predicted molar refractivity (Wildman–Crippen MR) is 116 cm³/mol. The van der Waals surface area contributed by atoms with Gasteiger partial charge in [0.1, 0.15) is 0 Å². The van der Waals surface area contributed by atoms with Gasteiger partial charge in [0.15, 0.2) is 0 Å². The summed E-state index contributed by atoms with van der Waals surface area (Å²) < 4.78 is 21.6. The number of hydrogen-bond acceptors (Lipinski definition) is 5. The van der Waals surface area contributed by atoms with Gasteiger partial charge in [0, 0.05) is 0 Å². The fourth-order valence-corrected chi connectivity index (χ4v) is 10.4. The van der Waals surface area contributed by atoms with Crippen LogP contribution < -0.4 is 9.05 Å². The standard InChI is InChI=1S/C22H26N3O2P/c1-23-15-16-24(2)28(23,25-13-7-8-14-25)26-21-19-11-5-3-9-17(19)18-10-4-6-12-20(18)22(21)27-28/h3-6,9-12H,7-8,13-16H2,1-2H3. The van der Waals surface area contributed by atoms with Crippen LogP contribution in [0, 0.1) is 0 Å². The number of nitrogens with zero attached hydrogens (tertiary/aromatic N) is 3. The Kier molecular flexibility index (Phi) is 3.39. The molecule has 146 valence electrons. The van der Waals surface area contributed by atoms with Crippen molar-refractivity contribution in [2.75, 3.05) is 40.3 Å². The van der Waals surface area contributed by atoms with E-state index in [0.29, 0.717) is 0 Å². The first-order valence-electron chi connectivity index (χ1n) is 10.2. The zero-order valence-electron chi connectivity index (χ0n) is 16.5. The maximum atomic E-state index is 7.16. The SMILES string of the molecule is CN1CCN(C)P12(N1CCCC1)Oc1c(c3ccccc3c3ccccc13)O2. The van der Waals surface area contributed by atoms with Crippen LogP contribution >= 0.6 is 7.51 Å². The molecule has 0 saturated carbocycles. The Balaban J connectivity index is 1.70. The van der Waals surface area contributed by atoms with E-state index in [0.717, 1.165) is 48.5 Å². The third kappa shape index (κ3) is 1.82. The second-order valence-electron chi connectivity index (χ2n) is 8.19. The van der Waals surface area contributed by atoms with Crippen LogP contribution in [0.4, 0.5) is 0 Å². The van der Waals surface area contributed by atoms with Gasteiger partial charge in [0.05, 0.1) is 0 Å². The zero-order valence-corrected chi connectivity index (χ0v) is 17.4. The molecule has 6 heteroatoms. The molecule has 0 amide bonds. The summed E-state index contributed by atoms with van der Waals surface area (Å²) in [4.78, 5) is 0. The normalized spacial score (nSPS) is 25.6. The van der Waals surface area contributed by atoms with Crippen molar-refractivity contribution in [2.45, 2.75) is 12.8 Å². The van der Waals surface area contributed by atoms with Crippen LogP contribution in [0.5, 0.6) is 11.5 Å². The van der Waals surface area contributed by atoms with E-state index >= 15 is 0 Å². The molecule has 0 N–H and O–H groups in total. The maximum absolute atomic E-state index is 7.16. The number of benzene rings is 3. The molecule has 6 rings (SSSR count). The fraction of sp³-hybridized carbons (Fsp3) is 0.364. The predicted octanol–water partition coefficient (Wildman–Crippen LogP) is 4.87. The average Bonchev–Trinajstić information content (AvgIpc) is 3.45. The van der Waals surface area contributed by atoms with Crippen LogP contribution in [0.15, 0.2) is 48.5 Å². The van der Waals surface area contributed by atoms with E-state index in [1.807, 2.05) is 0 Å². The topological polar surface area (TPSA) is 28.2 Å². The molecule has 0 bridgehead atoms. The summed E-state index contributed by atoms with van der Waals surface area (Å²) >= 11 is 0. The number of hydrogen-bond donors (Lipinski definition) is 0. The molecule has 3 heterocycles. The van der Waals surface area contributed by atoms with Crippen molar-refractivity contribution in [3.8, 4) is 11.5 Å². The first kappa shape index (κ1) is 17.0. The summed E-state index contributed by atoms with van der Waals surface area (Å²) in [6, 6.07) is 17.1. The molecule has 1 spiro atoms. The Labute approximate surface area is 165 Å². The second-order valence-corrected chi connectivity index (χ2v) is 12.2. The van der Waals surface area contributed by atoms with Gasteiger partial charge in [0.2, 0.25) is 0 Å². The van der Waals surface area contributed by atoms with Crippen molar-refractivity contribution in [2.24, 2.45) is 0 Å². The Morgan fingerprint density at radius 2 is 1.07 bits per heavy atom. The minimum absolute atomic E-state index is 0.916. The Hall–Kier alpha value is -1.91. The van der Waals surface area contributed by atoms with Crippen LogP contribution in [-0.4, -0.2) is 54.3 Å². The van der Waals surface area contributed by atoms with Crippen molar-refractivity contribution in [1.29, 1.82) is 0 Å². The van der Waals surface area contributed by atoms with Crippen molar-refractivity contribution < 1.29 is 9.05 Å². The van der Waals surface area contributed by atoms with Crippen LogP contribution in [0.25, 0.3) is 21.5 Å². The van der Waals surface area contributed by atoms with Gasteiger partial charge in [-0.05, 0) is 0 Å². The van der Waals surface area contributed by atoms with E-state index in [2.05, 4.69) is 76.6 Å². The summed E-state index contributed by atoms with van der Waals surface area (Å²) in [6.45, 7) is 3.95. The third-order valence-electron chi connectivity index (χ3n) is 6.82. The second kappa shape index (κ2) is 5.58. The molecule has 0 radical (unpaired) electrons. The minimum atomic E-state index is -3.34. The zero-order chi connectivity index (χ0) is 19.0. The van der Waals surface area contributed by atoms with Gasteiger partial charge in [-0.2, -0.15) is 0 Å². The molecule has 3 aliphatic rings. The van der Waals surface area contributed by atoms with E-state index in [4.69, 9.17) is 9.05 Å².